The van der Waals surface area contributed by atoms with Crippen molar-refractivity contribution >= 4 is 11.9 Å². The van der Waals surface area contributed by atoms with Crippen molar-refractivity contribution in [1.82, 2.24) is 4.90 Å². The second kappa shape index (κ2) is 6.20. The van der Waals surface area contributed by atoms with Gasteiger partial charge >= 0.3 is 5.97 Å². The quantitative estimate of drug-likeness (QED) is 0.594. The number of fused-ring (bicyclic) bond motifs is 1. The van der Waals surface area contributed by atoms with Crippen LogP contribution < -0.4 is 0 Å². The highest BCUT2D eigenvalue weighted by molar-refractivity contribution is 6.07. The zero-order valence-electron chi connectivity index (χ0n) is 14.6. The van der Waals surface area contributed by atoms with Gasteiger partial charge in [0.1, 0.15) is 0 Å². The number of amides is 1. The molecule has 3 atom stereocenters. The van der Waals surface area contributed by atoms with Crippen LogP contribution in [0.5, 0.6) is 0 Å². The molecule has 0 bridgehead atoms. The van der Waals surface area contributed by atoms with E-state index in [1.165, 1.54) is 7.11 Å². The number of benzene rings is 1. The van der Waals surface area contributed by atoms with Crippen molar-refractivity contribution in [1.29, 1.82) is 0 Å². The highest BCUT2D eigenvalue weighted by Crippen LogP contribution is 2.63. The third kappa shape index (κ3) is 2.18. The Labute approximate surface area is 142 Å². The maximum absolute atomic E-state index is 13.2. The van der Waals surface area contributed by atoms with Crippen molar-refractivity contribution in [2.24, 2.45) is 10.8 Å². The number of carbonyl (C=O) groups is 2. The fourth-order valence-electron chi connectivity index (χ4n) is 4.26. The first-order valence-electron chi connectivity index (χ1n) is 8.54. The van der Waals surface area contributed by atoms with Crippen LogP contribution in [0.25, 0.3) is 0 Å². The molecule has 0 N–H and O–H groups in total. The number of rotatable bonds is 6. The summed E-state index contributed by atoms with van der Waals surface area (Å²) in [4.78, 5) is 27.6. The van der Waals surface area contributed by atoms with Gasteiger partial charge in [0.2, 0.25) is 5.91 Å². The molecule has 3 rings (SSSR count). The van der Waals surface area contributed by atoms with Crippen LogP contribution in [-0.4, -0.2) is 43.6 Å². The number of ether oxygens (including phenoxy) is 2. The molecule has 0 aromatic heterocycles. The monoisotopic (exact) mass is 331 g/mol. The molecule has 1 aromatic carbocycles. The van der Waals surface area contributed by atoms with E-state index in [1.54, 1.807) is 0 Å². The van der Waals surface area contributed by atoms with E-state index >= 15 is 0 Å². The molecule has 24 heavy (non-hydrogen) atoms. The van der Waals surface area contributed by atoms with Crippen LogP contribution in [0, 0.1) is 10.8 Å². The first kappa shape index (κ1) is 17.0. The molecule has 0 unspecified atom stereocenters. The van der Waals surface area contributed by atoms with E-state index in [0.29, 0.717) is 26.2 Å². The molecule has 2 aliphatic rings. The van der Waals surface area contributed by atoms with Crippen LogP contribution >= 0.6 is 0 Å². The molecule has 5 nitrogen and oxygen atoms in total. The molecular weight excluding hydrogens is 306 g/mol. The Balaban J connectivity index is 1.95. The Morgan fingerprint density at radius 1 is 1.29 bits per heavy atom. The van der Waals surface area contributed by atoms with E-state index < -0.39 is 16.8 Å². The highest BCUT2D eigenvalue weighted by Gasteiger charge is 2.74. The van der Waals surface area contributed by atoms with Gasteiger partial charge in [-0.05, 0) is 32.3 Å². The topological polar surface area (TPSA) is 55.8 Å². The third-order valence-electron chi connectivity index (χ3n) is 5.85. The van der Waals surface area contributed by atoms with Gasteiger partial charge in [-0.25, -0.2) is 0 Å². The second-order valence-corrected chi connectivity index (χ2v) is 6.83. The summed E-state index contributed by atoms with van der Waals surface area (Å²) in [6.07, 6.45) is 1.36. The van der Waals surface area contributed by atoms with E-state index in [1.807, 2.05) is 49.1 Å². The number of hydrogen-bond donors (Lipinski definition) is 0. The van der Waals surface area contributed by atoms with Crippen LogP contribution in [0.1, 0.15) is 38.3 Å². The maximum atomic E-state index is 13.2. The minimum absolute atomic E-state index is 0.0793. The summed E-state index contributed by atoms with van der Waals surface area (Å²) in [5.74, 6) is -0.530. The van der Waals surface area contributed by atoms with Crippen molar-refractivity contribution < 1.29 is 19.1 Å². The van der Waals surface area contributed by atoms with Gasteiger partial charge < -0.3 is 14.4 Å². The molecule has 2 fully saturated rings. The average Bonchev–Trinajstić information content (AvgIpc) is 2.77. The summed E-state index contributed by atoms with van der Waals surface area (Å²) in [6, 6.07) is 9.83. The van der Waals surface area contributed by atoms with Gasteiger partial charge in [-0.15, -0.1) is 0 Å². The Kier molecular flexibility index (Phi) is 4.38. The fraction of sp³-hybridized carbons (Fsp3) is 0.579. The Morgan fingerprint density at radius 3 is 2.54 bits per heavy atom. The molecule has 1 amide bonds. The van der Waals surface area contributed by atoms with E-state index in [4.69, 9.17) is 9.47 Å². The van der Waals surface area contributed by atoms with Crippen molar-refractivity contribution in [3.05, 3.63) is 35.9 Å². The standard InChI is InChI=1S/C19H25NO4/c1-4-24-13-18-10-11-19(18,17(22)23-3)16(21)20(12-18)14(2)15-8-6-5-7-9-15/h5-9,14H,4,10-13H2,1-3H3/t14-,18-,19+/m1/s1. The molecule has 1 aromatic rings. The zero-order chi connectivity index (χ0) is 17.4. The summed E-state index contributed by atoms with van der Waals surface area (Å²) >= 11 is 0. The summed E-state index contributed by atoms with van der Waals surface area (Å²) in [5, 5.41) is 0. The van der Waals surface area contributed by atoms with Gasteiger partial charge in [-0.1, -0.05) is 30.3 Å². The Hall–Kier alpha value is -1.88. The van der Waals surface area contributed by atoms with Crippen molar-refractivity contribution in [3.8, 4) is 0 Å². The molecule has 0 spiro atoms. The van der Waals surface area contributed by atoms with E-state index in [2.05, 4.69) is 0 Å². The second-order valence-electron chi connectivity index (χ2n) is 6.83. The van der Waals surface area contributed by atoms with Gasteiger partial charge in [0.05, 0.1) is 19.8 Å². The molecule has 1 saturated heterocycles. The first-order valence-corrected chi connectivity index (χ1v) is 8.54. The number of likely N-dealkylation sites (tertiary alicyclic amines) is 1. The van der Waals surface area contributed by atoms with Crippen molar-refractivity contribution in [3.63, 3.8) is 0 Å². The summed E-state index contributed by atoms with van der Waals surface area (Å²) < 4.78 is 10.7. The molecule has 1 aliphatic carbocycles. The summed E-state index contributed by atoms with van der Waals surface area (Å²) in [7, 11) is 1.36. The van der Waals surface area contributed by atoms with Crippen LogP contribution in [0.4, 0.5) is 0 Å². The van der Waals surface area contributed by atoms with Gasteiger partial charge in [0.25, 0.3) is 0 Å². The van der Waals surface area contributed by atoms with Crippen LogP contribution in [0.15, 0.2) is 30.3 Å². The SMILES string of the molecule is CCOC[C@]12CC[C@@]1(C(=O)OC)C(=O)N([C@H](C)c1ccccc1)C2. The van der Waals surface area contributed by atoms with Crippen molar-refractivity contribution in [2.45, 2.75) is 32.7 Å². The lowest BCUT2D eigenvalue weighted by Crippen LogP contribution is -2.59. The molecule has 1 saturated carbocycles. The number of esters is 1. The van der Waals surface area contributed by atoms with E-state index in [0.717, 1.165) is 12.0 Å². The zero-order valence-corrected chi connectivity index (χ0v) is 14.6. The minimum atomic E-state index is -1.07. The fourth-order valence-corrected chi connectivity index (χ4v) is 4.26. The lowest BCUT2D eigenvalue weighted by atomic mass is 9.51. The minimum Gasteiger partial charge on any atom is -0.468 e. The van der Waals surface area contributed by atoms with Gasteiger partial charge in [0, 0.05) is 18.6 Å². The number of carbonyl (C=O) groups excluding carboxylic acids is 2. The van der Waals surface area contributed by atoms with Crippen LogP contribution in [0.2, 0.25) is 0 Å². The Morgan fingerprint density at radius 2 is 2.00 bits per heavy atom. The average molecular weight is 331 g/mol. The van der Waals surface area contributed by atoms with E-state index in [-0.39, 0.29) is 11.9 Å². The first-order chi connectivity index (χ1) is 11.5. The normalized spacial score (nSPS) is 29.8. The number of hydrogen-bond acceptors (Lipinski definition) is 4. The van der Waals surface area contributed by atoms with Crippen molar-refractivity contribution in [2.75, 3.05) is 26.9 Å². The smallest absolute Gasteiger partial charge is 0.322 e. The molecule has 1 aliphatic heterocycles. The van der Waals surface area contributed by atoms with Crippen LogP contribution in [-0.2, 0) is 19.1 Å². The molecular formula is C19H25NO4. The summed E-state index contributed by atoms with van der Waals surface area (Å²) in [5.41, 5.74) is -0.463. The van der Waals surface area contributed by atoms with Gasteiger partial charge in [0.15, 0.2) is 5.41 Å². The number of methoxy groups -OCH3 is 1. The molecule has 1 heterocycles. The predicted molar refractivity (Wildman–Crippen MR) is 89.2 cm³/mol. The largest absolute Gasteiger partial charge is 0.468 e. The molecule has 5 heteroatoms. The molecule has 0 radical (unpaired) electrons. The lowest BCUT2D eigenvalue weighted by molar-refractivity contribution is -0.182. The lowest BCUT2D eigenvalue weighted by Gasteiger charge is -2.49. The summed E-state index contributed by atoms with van der Waals surface area (Å²) in [6.45, 7) is 5.47. The third-order valence-corrected chi connectivity index (χ3v) is 5.85. The van der Waals surface area contributed by atoms with Gasteiger partial charge in [-0.2, -0.15) is 0 Å². The van der Waals surface area contributed by atoms with E-state index in [9.17, 15) is 9.59 Å². The maximum Gasteiger partial charge on any atom is 0.322 e. The number of nitrogens with zero attached hydrogens (tertiary/aromatic N) is 1. The Bertz CT molecular complexity index is 632. The molecule has 130 valence electrons. The van der Waals surface area contributed by atoms with Gasteiger partial charge in [-0.3, -0.25) is 9.59 Å². The van der Waals surface area contributed by atoms with Crippen LogP contribution in [0.3, 0.4) is 0 Å². The highest BCUT2D eigenvalue weighted by atomic mass is 16.5. The predicted octanol–water partition coefficient (Wildman–Crippen LogP) is 2.57.